The quantitative estimate of drug-likeness (QED) is 0.931. The zero-order valence-electron chi connectivity index (χ0n) is 9.52. The topological polar surface area (TPSA) is 55.1 Å². The van der Waals surface area contributed by atoms with Crippen LogP contribution >= 0.6 is 11.6 Å². The van der Waals surface area contributed by atoms with Crippen molar-refractivity contribution in [2.75, 3.05) is 0 Å². The van der Waals surface area contributed by atoms with Crippen molar-refractivity contribution >= 4 is 17.6 Å². The number of aliphatic carboxylic acids is 1. The van der Waals surface area contributed by atoms with E-state index in [0.717, 1.165) is 0 Å². The fourth-order valence-corrected chi connectivity index (χ4v) is 1.90. The van der Waals surface area contributed by atoms with Crippen molar-refractivity contribution in [1.29, 1.82) is 0 Å². The fraction of sp³-hybridized carbons (Fsp3) is 0.167. The van der Waals surface area contributed by atoms with Crippen molar-refractivity contribution in [3.05, 3.63) is 40.8 Å². The molecular formula is C12H10ClFN2O2. The summed E-state index contributed by atoms with van der Waals surface area (Å²) in [6.45, 7) is 0. The van der Waals surface area contributed by atoms with Gasteiger partial charge in [-0.3, -0.25) is 9.48 Å². The second kappa shape index (κ2) is 4.78. The number of carbonyl (C=O) groups is 1. The number of aryl methyl sites for hydroxylation is 1. The minimum absolute atomic E-state index is 0.0144. The van der Waals surface area contributed by atoms with Crippen molar-refractivity contribution in [3.63, 3.8) is 0 Å². The molecule has 1 aromatic carbocycles. The lowest BCUT2D eigenvalue weighted by atomic mass is 10.1. The Labute approximate surface area is 108 Å². The van der Waals surface area contributed by atoms with Crippen molar-refractivity contribution in [2.24, 2.45) is 7.05 Å². The molecule has 0 radical (unpaired) electrons. The lowest BCUT2D eigenvalue weighted by molar-refractivity contribution is -0.136. The lowest BCUT2D eigenvalue weighted by Crippen LogP contribution is -2.00. The molecule has 0 spiro atoms. The maximum absolute atomic E-state index is 13.1. The van der Waals surface area contributed by atoms with E-state index in [1.165, 1.54) is 22.9 Å². The van der Waals surface area contributed by atoms with E-state index in [0.29, 0.717) is 16.8 Å². The molecule has 0 fully saturated rings. The van der Waals surface area contributed by atoms with Gasteiger partial charge in [-0.1, -0.05) is 11.6 Å². The highest BCUT2D eigenvalue weighted by atomic mass is 35.5. The fourth-order valence-electron chi connectivity index (χ4n) is 1.72. The van der Waals surface area contributed by atoms with Gasteiger partial charge < -0.3 is 5.11 Å². The molecule has 6 heteroatoms. The Morgan fingerprint density at radius 2 is 2.28 bits per heavy atom. The second-order valence-corrected chi connectivity index (χ2v) is 4.28. The minimum Gasteiger partial charge on any atom is -0.481 e. The van der Waals surface area contributed by atoms with Crippen molar-refractivity contribution < 1.29 is 14.3 Å². The minimum atomic E-state index is -0.947. The van der Waals surface area contributed by atoms with E-state index in [9.17, 15) is 9.18 Å². The first-order valence-electron chi connectivity index (χ1n) is 5.17. The first-order valence-corrected chi connectivity index (χ1v) is 5.55. The van der Waals surface area contributed by atoms with Gasteiger partial charge in [0.25, 0.3) is 0 Å². The molecule has 94 valence electrons. The Morgan fingerprint density at radius 1 is 1.56 bits per heavy atom. The molecule has 0 aliphatic rings. The molecule has 1 aromatic heterocycles. The number of carboxylic acid groups (broad SMARTS) is 1. The van der Waals surface area contributed by atoms with E-state index >= 15 is 0 Å². The van der Waals surface area contributed by atoms with Gasteiger partial charge in [0.2, 0.25) is 0 Å². The average Bonchev–Trinajstić information content (AvgIpc) is 2.62. The lowest BCUT2D eigenvalue weighted by Gasteiger charge is -2.01. The van der Waals surface area contributed by atoms with Gasteiger partial charge in [-0.05, 0) is 18.2 Å². The number of halogens is 2. The predicted molar refractivity (Wildman–Crippen MR) is 65.0 cm³/mol. The van der Waals surface area contributed by atoms with Crippen molar-refractivity contribution in [2.45, 2.75) is 6.42 Å². The number of nitrogens with zero attached hydrogens (tertiary/aromatic N) is 2. The van der Waals surface area contributed by atoms with Crippen LogP contribution in [0.15, 0.2) is 24.4 Å². The van der Waals surface area contributed by atoms with Crippen LogP contribution in [0.3, 0.4) is 0 Å². The highest BCUT2D eigenvalue weighted by molar-refractivity contribution is 6.31. The summed E-state index contributed by atoms with van der Waals surface area (Å²) in [7, 11) is 1.69. The van der Waals surface area contributed by atoms with Crippen LogP contribution in [0.1, 0.15) is 5.56 Å². The van der Waals surface area contributed by atoms with Gasteiger partial charge in [-0.2, -0.15) is 5.10 Å². The van der Waals surface area contributed by atoms with Crippen LogP contribution in [0.2, 0.25) is 5.02 Å². The van der Waals surface area contributed by atoms with Crippen LogP contribution in [0.5, 0.6) is 0 Å². The van der Waals surface area contributed by atoms with Crippen LogP contribution in [-0.4, -0.2) is 20.9 Å². The summed E-state index contributed by atoms with van der Waals surface area (Å²) >= 11 is 5.70. The zero-order valence-corrected chi connectivity index (χ0v) is 10.3. The average molecular weight is 269 g/mol. The third-order valence-corrected chi connectivity index (χ3v) is 2.73. The van der Waals surface area contributed by atoms with Crippen LogP contribution in [0.25, 0.3) is 11.3 Å². The van der Waals surface area contributed by atoms with Gasteiger partial charge in [-0.25, -0.2) is 4.39 Å². The number of benzene rings is 1. The predicted octanol–water partition coefficient (Wildman–Crippen LogP) is 2.51. The highest BCUT2D eigenvalue weighted by Gasteiger charge is 2.14. The molecule has 0 bridgehead atoms. The maximum atomic E-state index is 13.1. The summed E-state index contributed by atoms with van der Waals surface area (Å²) < 4.78 is 14.6. The normalized spacial score (nSPS) is 10.6. The van der Waals surface area contributed by atoms with Crippen molar-refractivity contribution in [1.82, 2.24) is 9.78 Å². The van der Waals surface area contributed by atoms with E-state index in [1.54, 1.807) is 13.2 Å². The molecule has 2 aromatic rings. The standard InChI is InChI=1S/C12H10ClFN2O2/c1-16-6-8(5-11(17)18)12(15-16)7-2-3-10(14)9(13)4-7/h2-4,6H,5H2,1H3,(H,17,18). The highest BCUT2D eigenvalue weighted by Crippen LogP contribution is 2.26. The number of carboxylic acids is 1. The van der Waals surface area contributed by atoms with E-state index in [2.05, 4.69) is 5.10 Å². The summed E-state index contributed by atoms with van der Waals surface area (Å²) in [4.78, 5) is 10.8. The molecule has 18 heavy (non-hydrogen) atoms. The SMILES string of the molecule is Cn1cc(CC(=O)O)c(-c2ccc(F)c(Cl)c2)n1. The summed E-state index contributed by atoms with van der Waals surface area (Å²) in [6.07, 6.45) is 1.49. The van der Waals surface area contributed by atoms with Crippen LogP contribution in [0, 0.1) is 5.82 Å². The zero-order chi connectivity index (χ0) is 13.3. The maximum Gasteiger partial charge on any atom is 0.307 e. The van der Waals surface area contributed by atoms with Gasteiger partial charge in [0.15, 0.2) is 0 Å². The summed E-state index contributed by atoms with van der Waals surface area (Å²) in [5.41, 5.74) is 1.66. The van der Waals surface area contributed by atoms with Gasteiger partial charge in [-0.15, -0.1) is 0 Å². The van der Waals surface area contributed by atoms with E-state index in [-0.39, 0.29) is 11.4 Å². The third kappa shape index (κ3) is 2.51. The Bertz CT molecular complexity index is 610. The molecule has 0 saturated carbocycles. The van der Waals surface area contributed by atoms with Gasteiger partial charge in [0.1, 0.15) is 5.82 Å². The molecule has 4 nitrogen and oxygen atoms in total. The molecule has 0 amide bonds. The van der Waals surface area contributed by atoms with Gasteiger partial charge in [0, 0.05) is 24.4 Å². The Hall–Kier alpha value is -1.88. The number of hydrogen-bond donors (Lipinski definition) is 1. The molecule has 1 heterocycles. The Morgan fingerprint density at radius 3 is 2.89 bits per heavy atom. The third-order valence-electron chi connectivity index (χ3n) is 2.44. The van der Waals surface area contributed by atoms with Crippen molar-refractivity contribution in [3.8, 4) is 11.3 Å². The molecular weight excluding hydrogens is 259 g/mol. The smallest absolute Gasteiger partial charge is 0.307 e. The summed E-state index contributed by atoms with van der Waals surface area (Å²) in [6, 6.07) is 4.19. The van der Waals surface area contributed by atoms with E-state index < -0.39 is 11.8 Å². The second-order valence-electron chi connectivity index (χ2n) is 3.88. The molecule has 0 unspecified atom stereocenters. The molecule has 0 aliphatic carbocycles. The molecule has 2 rings (SSSR count). The number of aromatic nitrogens is 2. The Kier molecular flexibility index (Phi) is 3.34. The van der Waals surface area contributed by atoms with E-state index in [1.807, 2.05) is 0 Å². The van der Waals surface area contributed by atoms with Crippen LogP contribution in [-0.2, 0) is 18.3 Å². The largest absolute Gasteiger partial charge is 0.481 e. The first kappa shape index (κ1) is 12.6. The number of hydrogen-bond acceptors (Lipinski definition) is 2. The number of rotatable bonds is 3. The molecule has 0 atom stereocenters. The van der Waals surface area contributed by atoms with E-state index in [4.69, 9.17) is 16.7 Å². The summed E-state index contributed by atoms with van der Waals surface area (Å²) in [5, 5.41) is 13.0. The van der Waals surface area contributed by atoms with Crippen LogP contribution < -0.4 is 0 Å². The van der Waals surface area contributed by atoms with Gasteiger partial charge >= 0.3 is 5.97 Å². The van der Waals surface area contributed by atoms with Gasteiger partial charge in [0.05, 0.1) is 17.1 Å². The molecule has 1 N–H and O–H groups in total. The Balaban J connectivity index is 2.49. The first-order chi connectivity index (χ1) is 8.47. The summed E-state index contributed by atoms with van der Waals surface area (Å²) in [5.74, 6) is -1.46. The van der Waals surface area contributed by atoms with Crippen LogP contribution in [0.4, 0.5) is 4.39 Å². The monoisotopic (exact) mass is 268 g/mol. The molecule has 0 saturated heterocycles. The molecule has 0 aliphatic heterocycles.